The molecule has 0 radical (unpaired) electrons. The maximum Gasteiger partial charge on any atom is 0.241 e. The largest absolute Gasteiger partial charge is 0.470 e. The molecule has 0 bridgehead atoms. The maximum atomic E-state index is 5.88. The van der Waals surface area contributed by atoms with Crippen LogP contribution in [-0.4, -0.2) is 48.0 Å². The number of rotatable bonds is 6. The van der Waals surface area contributed by atoms with Crippen LogP contribution in [0.5, 0.6) is 5.88 Å². The Bertz CT molecular complexity index is 579. The van der Waals surface area contributed by atoms with Crippen molar-refractivity contribution in [1.82, 2.24) is 10.2 Å². The molecule has 0 aliphatic carbocycles. The molecule has 0 fully saturated rings. The van der Waals surface area contributed by atoms with Gasteiger partial charge >= 0.3 is 0 Å². The van der Waals surface area contributed by atoms with Gasteiger partial charge in [-0.1, -0.05) is 18.2 Å². The monoisotopic (exact) mass is 274 g/mol. The van der Waals surface area contributed by atoms with E-state index in [1.165, 1.54) is 0 Å². The number of hydrogen-bond acceptors (Lipinski definition) is 3. The fraction of sp³-hybridized carbons (Fsp3) is 0.500. The van der Waals surface area contributed by atoms with Crippen molar-refractivity contribution in [3.63, 3.8) is 0 Å². The molecule has 0 aliphatic rings. The molecule has 2 aromatic rings. The zero-order valence-corrected chi connectivity index (χ0v) is 12.9. The van der Waals surface area contributed by atoms with Crippen LogP contribution in [0.15, 0.2) is 24.3 Å². The van der Waals surface area contributed by atoms with Gasteiger partial charge in [0.15, 0.2) is 0 Å². The summed E-state index contributed by atoms with van der Waals surface area (Å²) < 4.78 is 6.90. The minimum atomic E-state index is 0.643. The van der Waals surface area contributed by atoms with Gasteiger partial charge in [0.25, 0.3) is 0 Å². The van der Waals surface area contributed by atoms with Gasteiger partial charge in [-0.25, -0.2) is 0 Å². The molecular weight excluding hydrogens is 250 g/mol. The second kappa shape index (κ2) is 6.18. The number of likely N-dealkylation sites (N-methyl/N-ethyl adjacent to an activating group) is 1. The Kier molecular flexibility index (Phi) is 4.55. The van der Waals surface area contributed by atoms with Crippen LogP contribution in [-0.2, 0) is 0 Å². The number of benzene rings is 1. The fourth-order valence-electron chi connectivity index (χ4n) is 2.22. The molecule has 1 aromatic heterocycles. The van der Waals surface area contributed by atoms with Crippen LogP contribution in [0.2, 0.25) is 0 Å². The van der Waals surface area contributed by atoms with Crippen LogP contribution in [0.1, 0.15) is 19.5 Å². The van der Waals surface area contributed by atoms with E-state index >= 15 is 0 Å². The van der Waals surface area contributed by atoms with Crippen LogP contribution in [0.4, 0.5) is 0 Å². The summed E-state index contributed by atoms with van der Waals surface area (Å²) in [7, 11) is 2.25. The highest BCUT2D eigenvalue weighted by atomic mass is 16.5. The summed E-state index contributed by atoms with van der Waals surface area (Å²) in [6.07, 6.45) is 0. The number of nitrogens with zero attached hydrogens (tertiary/aromatic N) is 3. The Morgan fingerprint density at radius 1 is 1.05 bits per heavy atom. The van der Waals surface area contributed by atoms with E-state index in [1.807, 2.05) is 25.1 Å². The first-order valence-electron chi connectivity index (χ1n) is 7.28. The quantitative estimate of drug-likeness (QED) is 0.760. The van der Waals surface area contributed by atoms with E-state index < -0.39 is 0 Å². The number of aryl methyl sites for hydroxylation is 1. The fourth-order valence-corrected chi connectivity index (χ4v) is 2.22. The molecule has 0 spiro atoms. The lowest BCUT2D eigenvalue weighted by Crippen LogP contribution is -2.46. The molecule has 1 heterocycles. The second-order valence-electron chi connectivity index (χ2n) is 5.46. The third-order valence-electron chi connectivity index (χ3n) is 4.23. The van der Waals surface area contributed by atoms with E-state index in [0.29, 0.717) is 12.5 Å². The van der Waals surface area contributed by atoms with Gasteiger partial charge in [-0.3, -0.25) is 0 Å². The zero-order chi connectivity index (χ0) is 14.6. The molecule has 20 heavy (non-hydrogen) atoms. The van der Waals surface area contributed by atoms with E-state index in [9.17, 15) is 0 Å². The van der Waals surface area contributed by atoms with Crippen molar-refractivity contribution in [1.29, 1.82) is 0 Å². The first-order chi connectivity index (χ1) is 9.59. The van der Waals surface area contributed by atoms with Crippen molar-refractivity contribution in [2.45, 2.75) is 20.8 Å². The van der Waals surface area contributed by atoms with Gasteiger partial charge in [0.2, 0.25) is 5.88 Å². The SMILES string of the molecule is CC[N+](C)(CC)CCOc1nnc(C)c2ccccc12. The third kappa shape index (κ3) is 3.07. The van der Waals surface area contributed by atoms with E-state index in [-0.39, 0.29) is 0 Å². The van der Waals surface area contributed by atoms with Crippen molar-refractivity contribution < 1.29 is 9.22 Å². The highest BCUT2D eigenvalue weighted by molar-refractivity contribution is 5.88. The Labute approximate surface area is 121 Å². The normalized spacial score (nSPS) is 11.8. The maximum absolute atomic E-state index is 5.88. The average molecular weight is 274 g/mol. The molecule has 0 amide bonds. The van der Waals surface area contributed by atoms with E-state index in [2.05, 4.69) is 37.2 Å². The lowest BCUT2D eigenvalue weighted by atomic mass is 10.1. The second-order valence-corrected chi connectivity index (χ2v) is 5.46. The topological polar surface area (TPSA) is 35.0 Å². The van der Waals surface area contributed by atoms with E-state index in [0.717, 1.165) is 40.6 Å². The highest BCUT2D eigenvalue weighted by Gasteiger charge is 2.16. The summed E-state index contributed by atoms with van der Waals surface area (Å²) in [5, 5.41) is 10.5. The minimum absolute atomic E-state index is 0.643. The molecular formula is C16H24N3O+. The molecule has 4 heteroatoms. The minimum Gasteiger partial charge on any atom is -0.470 e. The van der Waals surface area contributed by atoms with Crippen molar-refractivity contribution >= 4 is 10.8 Å². The number of fused-ring (bicyclic) bond motifs is 1. The zero-order valence-electron chi connectivity index (χ0n) is 12.9. The molecule has 0 atom stereocenters. The van der Waals surface area contributed by atoms with Crippen LogP contribution in [0, 0.1) is 6.92 Å². The predicted molar refractivity (Wildman–Crippen MR) is 81.9 cm³/mol. The van der Waals surface area contributed by atoms with Crippen LogP contribution in [0.3, 0.4) is 0 Å². The Morgan fingerprint density at radius 2 is 1.70 bits per heavy atom. The molecule has 0 N–H and O–H groups in total. The van der Waals surface area contributed by atoms with Crippen molar-refractivity contribution in [3.05, 3.63) is 30.0 Å². The van der Waals surface area contributed by atoms with Gasteiger partial charge in [0, 0.05) is 10.8 Å². The first-order valence-corrected chi connectivity index (χ1v) is 7.28. The van der Waals surface area contributed by atoms with Crippen molar-refractivity contribution in [3.8, 4) is 5.88 Å². The lowest BCUT2D eigenvalue weighted by Gasteiger charge is -2.31. The molecule has 1 aromatic carbocycles. The Balaban J connectivity index is 2.13. The first kappa shape index (κ1) is 14.7. The molecule has 0 saturated heterocycles. The van der Waals surface area contributed by atoms with Crippen LogP contribution >= 0.6 is 0 Å². The average Bonchev–Trinajstić information content (AvgIpc) is 2.49. The van der Waals surface area contributed by atoms with Gasteiger partial charge < -0.3 is 9.22 Å². The molecule has 0 saturated carbocycles. The van der Waals surface area contributed by atoms with E-state index in [1.54, 1.807) is 0 Å². The van der Waals surface area contributed by atoms with Crippen LogP contribution in [0.25, 0.3) is 10.8 Å². The van der Waals surface area contributed by atoms with Gasteiger partial charge in [0.1, 0.15) is 13.2 Å². The molecule has 108 valence electrons. The third-order valence-corrected chi connectivity index (χ3v) is 4.23. The van der Waals surface area contributed by atoms with Gasteiger partial charge in [0.05, 0.1) is 25.8 Å². The van der Waals surface area contributed by atoms with Gasteiger partial charge in [-0.05, 0) is 26.8 Å². The molecule has 0 aliphatic heterocycles. The smallest absolute Gasteiger partial charge is 0.241 e. The number of quaternary nitrogens is 1. The van der Waals surface area contributed by atoms with Crippen molar-refractivity contribution in [2.24, 2.45) is 0 Å². The Hall–Kier alpha value is -1.68. The summed E-state index contributed by atoms with van der Waals surface area (Å²) in [4.78, 5) is 0. The summed E-state index contributed by atoms with van der Waals surface area (Å²) in [6, 6.07) is 8.13. The highest BCUT2D eigenvalue weighted by Crippen LogP contribution is 2.24. The standard InChI is InChI=1S/C16H24N3O/c1-5-19(4,6-2)11-12-20-16-15-10-8-7-9-14(15)13(3)17-18-16/h7-10H,5-6,11-12H2,1-4H3/q+1. The van der Waals surface area contributed by atoms with Gasteiger partial charge in [-0.15, -0.1) is 5.10 Å². The summed E-state index contributed by atoms with van der Waals surface area (Å²) in [5.74, 6) is 0.643. The molecule has 0 unspecified atom stereocenters. The van der Waals surface area contributed by atoms with E-state index in [4.69, 9.17) is 4.74 Å². The summed E-state index contributed by atoms with van der Waals surface area (Å²) in [5.41, 5.74) is 0.940. The lowest BCUT2D eigenvalue weighted by molar-refractivity contribution is -0.906. The molecule has 2 rings (SSSR count). The number of ether oxygens (including phenoxy) is 1. The van der Waals surface area contributed by atoms with Crippen LogP contribution < -0.4 is 4.74 Å². The van der Waals surface area contributed by atoms with Gasteiger partial charge in [-0.2, -0.15) is 5.10 Å². The number of aromatic nitrogens is 2. The summed E-state index contributed by atoms with van der Waals surface area (Å²) >= 11 is 0. The Morgan fingerprint density at radius 3 is 2.35 bits per heavy atom. The predicted octanol–water partition coefficient (Wildman–Crippen LogP) is 2.80. The molecule has 4 nitrogen and oxygen atoms in total. The summed E-state index contributed by atoms with van der Waals surface area (Å²) in [6.45, 7) is 10.3. The number of hydrogen-bond donors (Lipinski definition) is 0. The van der Waals surface area contributed by atoms with Crippen molar-refractivity contribution in [2.75, 3.05) is 33.3 Å².